The van der Waals surface area contributed by atoms with Gasteiger partial charge in [-0.2, -0.15) is 0 Å². The van der Waals surface area contributed by atoms with Crippen LogP contribution in [0.15, 0.2) is 95.9 Å². The van der Waals surface area contributed by atoms with Crippen molar-refractivity contribution in [2.24, 2.45) is 10.8 Å². The van der Waals surface area contributed by atoms with Gasteiger partial charge in [0.15, 0.2) is 10.7 Å². The maximum absolute atomic E-state index is 13.9. The van der Waals surface area contributed by atoms with Gasteiger partial charge in [-0.15, -0.1) is 0 Å². The molecule has 0 heterocycles. The Kier molecular flexibility index (Phi) is 4.49. The van der Waals surface area contributed by atoms with E-state index in [9.17, 15) is 9.35 Å². The fourth-order valence-electron chi connectivity index (χ4n) is 5.54. The van der Waals surface area contributed by atoms with Crippen LogP contribution in [-0.4, -0.2) is 15.6 Å². The van der Waals surface area contributed by atoms with E-state index in [1.54, 1.807) is 0 Å². The first-order chi connectivity index (χ1) is 14.5. The third-order valence-corrected chi connectivity index (χ3v) is 8.78. The van der Waals surface area contributed by atoms with E-state index in [-0.39, 0.29) is 11.0 Å². The van der Waals surface area contributed by atoms with Gasteiger partial charge in [-0.05, 0) is 59.4 Å². The topological polar surface area (TPSA) is 40.1 Å². The summed E-state index contributed by atoms with van der Waals surface area (Å²) in [5.41, 5.74) is 2.84. The van der Waals surface area contributed by atoms with Crippen molar-refractivity contribution in [2.45, 2.75) is 30.4 Å². The van der Waals surface area contributed by atoms with Gasteiger partial charge < -0.3 is 4.55 Å². The van der Waals surface area contributed by atoms with Crippen molar-refractivity contribution >= 4 is 28.1 Å². The fraction of sp³-hybridized carbons (Fsp3) is 0.222. The van der Waals surface area contributed by atoms with Crippen LogP contribution in [0.5, 0.6) is 0 Å². The Morgan fingerprint density at radius 2 is 1.23 bits per heavy atom. The molecule has 2 aliphatic rings. The predicted molar refractivity (Wildman–Crippen MR) is 122 cm³/mol. The molecule has 2 nitrogen and oxygen atoms in total. The zero-order valence-electron chi connectivity index (χ0n) is 17.2. The second-order valence-electron chi connectivity index (χ2n) is 8.65. The Morgan fingerprint density at radius 1 is 0.767 bits per heavy atom. The summed E-state index contributed by atoms with van der Waals surface area (Å²) in [7, 11) is 0. The number of carbonyl (C=O) groups is 1. The maximum Gasteiger partial charge on any atom is 0.158 e. The largest absolute Gasteiger partial charge is 0.611 e. The van der Waals surface area contributed by atoms with E-state index in [4.69, 9.17) is 0 Å². The standard InChI is InChI=1S/C27H24O2S/c1-26-18-22(30(29)21-16-10-5-11-17-21)27(2,25(26)28)24(20-14-8-4-9-15-20)23(26)19-12-6-3-7-13-19/h3-17,22H,18H2,1-2H3/t22-,26-,27+,30?/m0/s1. The molecule has 1 saturated carbocycles. The SMILES string of the molecule is C[C@@]12C[C@H]([S+]([O-])c3ccccc3)[C@@](C)(C1=O)C(c1ccccc1)=C2c1ccccc1. The lowest BCUT2D eigenvalue weighted by Crippen LogP contribution is -2.39. The van der Waals surface area contributed by atoms with Crippen molar-refractivity contribution < 1.29 is 9.35 Å². The molecule has 2 bridgehead atoms. The first kappa shape index (κ1) is 19.3. The highest BCUT2D eigenvalue weighted by Gasteiger charge is 2.71. The van der Waals surface area contributed by atoms with Gasteiger partial charge in [-0.1, -0.05) is 78.9 Å². The van der Waals surface area contributed by atoms with Crippen molar-refractivity contribution in [1.82, 2.24) is 0 Å². The average Bonchev–Trinajstić information content (AvgIpc) is 3.11. The lowest BCUT2D eigenvalue weighted by Gasteiger charge is -2.36. The van der Waals surface area contributed by atoms with Gasteiger partial charge in [0.2, 0.25) is 0 Å². The minimum absolute atomic E-state index is 0.196. The van der Waals surface area contributed by atoms with Crippen molar-refractivity contribution in [3.8, 4) is 0 Å². The molecule has 5 rings (SSSR count). The number of rotatable bonds is 4. The number of fused-ring (bicyclic) bond motifs is 2. The van der Waals surface area contributed by atoms with E-state index in [1.807, 2.05) is 80.6 Å². The molecular weight excluding hydrogens is 388 g/mol. The number of benzene rings is 3. The van der Waals surface area contributed by atoms with E-state index >= 15 is 0 Å². The molecule has 0 aromatic heterocycles. The Morgan fingerprint density at radius 3 is 1.77 bits per heavy atom. The lowest BCUT2D eigenvalue weighted by atomic mass is 9.73. The van der Waals surface area contributed by atoms with Gasteiger partial charge in [0.25, 0.3) is 0 Å². The van der Waals surface area contributed by atoms with Crippen LogP contribution < -0.4 is 0 Å². The monoisotopic (exact) mass is 412 g/mol. The Hall–Kier alpha value is -2.62. The highest BCUT2D eigenvalue weighted by molar-refractivity contribution is 7.92. The van der Waals surface area contributed by atoms with Crippen LogP contribution in [0.3, 0.4) is 0 Å². The Balaban J connectivity index is 1.75. The summed E-state index contributed by atoms with van der Waals surface area (Å²) >= 11 is -1.27. The second kappa shape index (κ2) is 6.97. The number of allylic oxidation sites excluding steroid dienone is 2. The summed E-state index contributed by atoms with van der Waals surface area (Å²) in [5.74, 6) is 0.196. The van der Waals surface area contributed by atoms with Crippen molar-refractivity contribution in [3.05, 3.63) is 102 Å². The number of hydrogen-bond donors (Lipinski definition) is 0. The van der Waals surface area contributed by atoms with Crippen LogP contribution in [0.4, 0.5) is 0 Å². The summed E-state index contributed by atoms with van der Waals surface area (Å²) in [4.78, 5) is 14.7. The molecule has 3 heteroatoms. The molecule has 30 heavy (non-hydrogen) atoms. The summed E-state index contributed by atoms with van der Waals surface area (Å²) in [6.07, 6.45) is 0.602. The van der Waals surface area contributed by atoms with Crippen LogP contribution in [0.2, 0.25) is 0 Å². The van der Waals surface area contributed by atoms with Gasteiger partial charge in [-0.3, -0.25) is 4.79 Å². The quantitative estimate of drug-likeness (QED) is 0.510. The van der Waals surface area contributed by atoms with Crippen LogP contribution in [0.1, 0.15) is 31.4 Å². The second-order valence-corrected chi connectivity index (χ2v) is 10.3. The minimum Gasteiger partial charge on any atom is -0.611 e. The third-order valence-electron chi connectivity index (χ3n) is 6.89. The van der Waals surface area contributed by atoms with E-state index < -0.39 is 22.0 Å². The van der Waals surface area contributed by atoms with E-state index in [0.29, 0.717) is 6.42 Å². The Bertz CT molecular complexity index is 1120. The molecule has 0 spiro atoms. The van der Waals surface area contributed by atoms with Crippen LogP contribution in [-0.2, 0) is 16.0 Å². The third kappa shape index (κ3) is 2.59. The van der Waals surface area contributed by atoms with E-state index in [0.717, 1.165) is 27.2 Å². The fourth-order valence-corrected chi connectivity index (χ4v) is 7.43. The van der Waals surface area contributed by atoms with Crippen LogP contribution in [0, 0.1) is 10.8 Å². The van der Waals surface area contributed by atoms with Crippen molar-refractivity contribution in [3.63, 3.8) is 0 Å². The number of Topliss-reactive ketones (excluding diaryl/α,β-unsaturated/α-hetero) is 1. The zero-order chi connectivity index (χ0) is 20.9. The molecule has 0 aliphatic heterocycles. The molecule has 150 valence electrons. The molecule has 3 aromatic rings. The molecule has 0 N–H and O–H groups in total. The molecule has 0 saturated heterocycles. The smallest absolute Gasteiger partial charge is 0.158 e. The molecule has 0 amide bonds. The molecule has 3 aromatic carbocycles. The normalized spacial score (nSPS) is 28.8. The highest BCUT2D eigenvalue weighted by atomic mass is 32.2. The zero-order valence-corrected chi connectivity index (χ0v) is 18.0. The summed E-state index contributed by atoms with van der Waals surface area (Å²) in [5, 5.41) is -0.250. The highest BCUT2D eigenvalue weighted by Crippen LogP contribution is 2.68. The summed E-state index contributed by atoms with van der Waals surface area (Å²) in [6, 6.07) is 29.9. The molecule has 0 radical (unpaired) electrons. The van der Waals surface area contributed by atoms with Gasteiger partial charge >= 0.3 is 0 Å². The van der Waals surface area contributed by atoms with Gasteiger partial charge in [0, 0.05) is 6.42 Å². The van der Waals surface area contributed by atoms with Gasteiger partial charge in [0.1, 0.15) is 10.7 Å². The minimum atomic E-state index is -1.27. The molecule has 1 unspecified atom stereocenters. The average molecular weight is 413 g/mol. The number of carbonyl (C=O) groups excluding carboxylic acids is 1. The number of ketones is 1. The summed E-state index contributed by atoms with van der Waals surface area (Å²) < 4.78 is 13.7. The Labute approximate surface area is 180 Å². The van der Waals surface area contributed by atoms with Crippen molar-refractivity contribution in [1.29, 1.82) is 0 Å². The van der Waals surface area contributed by atoms with E-state index in [2.05, 4.69) is 24.3 Å². The number of hydrogen-bond acceptors (Lipinski definition) is 2. The van der Waals surface area contributed by atoms with Crippen LogP contribution in [0.25, 0.3) is 11.1 Å². The molecular formula is C27H24O2S. The summed E-state index contributed by atoms with van der Waals surface area (Å²) in [6.45, 7) is 4.07. The maximum atomic E-state index is 13.9. The molecule has 1 fully saturated rings. The molecule has 2 aliphatic carbocycles. The molecule has 4 atom stereocenters. The first-order valence-electron chi connectivity index (χ1n) is 10.3. The van der Waals surface area contributed by atoms with Crippen LogP contribution >= 0.6 is 0 Å². The van der Waals surface area contributed by atoms with E-state index in [1.165, 1.54) is 0 Å². The lowest BCUT2D eigenvalue weighted by molar-refractivity contribution is -0.126. The van der Waals surface area contributed by atoms with Crippen molar-refractivity contribution in [2.75, 3.05) is 0 Å². The predicted octanol–water partition coefficient (Wildman–Crippen LogP) is 5.77. The van der Waals surface area contributed by atoms with Gasteiger partial charge in [-0.25, -0.2) is 0 Å². The van der Waals surface area contributed by atoms with Gasteiger partial charge in [0.05, 0.1) is 5.41 Å². The first-order valence-corrected chi connectivity index (χ1v) is 11.6.